The number of amides is 2. The number of ether oxygens (including phenoxy) is 1. The summed E-state index contributed by atoms with van der Waals surface area (Å²) < 4.78 is 19.0. The second-order valence-corrected chi connectivity index (χ2v) is 6.48. The third kappa shape index (κ3) is 4.55. The third-order valence-electron chi connectivity index (χ3n) is 4.55. The number of anilines is 1. The number of carbonyl (C=O) groups is 2. The Morgan fingerprint density at radius 2 is 2.00 bits per heavy atom. The van der Waals surface area contributed by atoms with Crippen molar-refractivity contribution < 1.29 is 23.8 Å². The van der Waals surface area contributed by atoms with Gasteiger partial charge in [-0.15, -0.1) is 0 Å². The normalized spacial score (nSPS) is 17.0. The number of halogens is 1. The molecule has 0 aliphatic carbocycles. The summed E-state index contributed by atoms with van der Waals surface area (Å²) in [5.74, 6) is -1.55. The summed E-state index contributed by atoms with van der Waals surface area (Å²) in [6, 6.07) is 9.53. The summed E-state index contributed by atoms with van der Waals surface area (Å²) in [7, 11) is 0. The highest BCUT2D eigenvalue weighted by atomic mass is 19.1. The van der Waals surface area contributed by atoms with Crippen LogP contribution in [0.15, 0.2) is 55.1 Å². The van der Waals surface area contributed by atoms with E-state index in [4.69, 9.17) is 4.74 Å². The van der Waals surface area contributed by atoms with Gasteiger partial charge in [0.2, 0.25) is 5.91 Å². The minimum atomic E-state index is -0.531. The standard InChI is InChI=1S/C21H21FN2O4/c1-2-19(26)23-15-9-10-17(25)16(12-15)21(27)24-20(18-4-3-11-28-18)13-5-7-14(22)8-6-13/h2,5-10,12,18,20,25H,1,3-4,11H2,(H,23,26)(H,24,27). The van der Waals surface area contributed by atoms with E-state index in [2.05, 4.69) is 17.2 Å². The number of phenols is 1. The second kappa shape index (κ2) is 8.67. The highest BCUT2D eigenvalue weighted by molar-refractivity contribution is 6.02. The van der Waals surface area contributed by atoms with Gasteiger partial charge < -0.3 is 20.5 Å². The molecule has 1 fully saturated rings. The molecular weight excluding hydrogens is 363 g/mol. The van der Waals surface area contributed by atoms with Crippen molar-refractivity contribution >= 4 is 17.5 Å². The molecule has 0 saturated carbocycles. The van der Waals surface area contributed by atoms with Crippen LogP contribution in [0.1, 0.15) is 34.8 Å². The maximum absolute atomic E-state index is 13.3. The number of nitrogens with one attached hydrogen (secondary N) is 2. The van der Waals surface area contributed by atoms with Gasteiger partial charge in [0, 0.05) is 12.3 Å². The van der Waals surface area contributed by atoms with Gasteiger partial charge in [-0.25, -0.2) is 4.39 Å². The van der Waals surface area contributed by atoms with Gasteiger partial charge >= 0.3 is 0 Å². The quantitative estimate of drug-likeness (QED) is 0.527. The fourth-order valence-corrected chi connectivity index (χ4v) is 3.13. The van der Waals surface area contributed by atoms with E-state index >= 15 is 0 Å². The van der Waals surface area contributed by atoms with E-state index in [1.165, 1.54) is 30.3 Å². The lowest BCUT2D eigenvalue weighted by atomic mass is 9.98. The lowest BCUT2D eigenvalue weighted by Crippen LogP contribution is -2.36. The van der Waals surface area contributed by atoms with Crippen molar-refractivity contribution in [1.29, 1.82) is 0 Å². The fraction of sp³-hybridized carbons (Fsp3) is 0.238. The van der Waals surface area contributed by atoms with Crippen LogP contribution in [0.2, 0.25) is 0 Å². The molecule has 1 saturated heterocycles. The number of hydrogen-bond donors (Lipinski definition) is 3. The van der Waals surface area contributed by atoms with Crippen molar-refractivity contribution in [2.24, 2.45) is 0 Å². The number of hydrogen-bond acceptors (Lipinski definition) is 4. The molecule has 2 atom stereocenters. The van der Waals surface area contributed by atoms with Gasteiger partial charge in [0.05, 0.1) is 17.7 Å². The zero-order valence-electron chi connectivity index (χ0n) is 15.2. The first-order chi connectivity index (χ1) is 13.5. The summed E-state index contributed by atoms with van der Waals surface area (Å²) in [5.41, 5.74) is 1.06. The van der Waals surface area contributed by atoms with Crippen molar-refractivity contribution in [1.82, 2.24) is 5.32 Å². The Balaban J connectivity index is 1.85. The smallest absolute Gasteiger partial charge is 0.255 e. The number of phenolic OH excluding ortho intramolecular Hbond substituents is 1. The van der Waals surface area contributed by atoms with Gasteiger partial charge in [-0.3, -0.25) is 9.59 Å². The Labute approximate surface area is 162 Å². The molecule has 2 amide bonds. The van der Waals surface area contributed by atoms with E-state index in [1.54, 1.807) is 12.1 Å². The molecule has 2 unspecified atom stereocenters. The maximum atomic E-state index is 13.3. The van der Waals surface area contributed by atoms with Crippen LogP contribution in [0.25, 0.3) is 0 Å². The zero-order chi connectivity index (χ0) is 20.1. The van der Waals surface area contributed by atoms with Crippen molar-refractivity contribution in [3.8, 4) is 5.75 Å². The van der Waals surface area contributed by atoms with E-state index in [1.807, 2.05) is 0 Å². The number of aromatic hydroxyl groups is 1. The van der Waals surface area contributed by atoms with E-state index in [0.717, 1.165) is 18.9 Å². The number of rotatable bonds is 6. The van der Waals surface area contributed by atoms with Crippen molar-refractivity contribution in [3.05, 3.63) is 72.1 Å². The van der Waals surface area contributed by atoms with Crippen molar-refractivity contribution in [2.45, 2.75) is 25.0 Å². The number of benzene rings is 2. The van der Waals surface area contributed by atoms with Gasteiger partial charge in [-0.05, 0) is 54.8 Å². The second-order valence-electron chi connectivity index (χ2n) is 6.48. The molecule has 6 nitrogen and oxygen atoms in total. The molecule has 146 valence electrons. The van der Waals surface area contributed by atoms with Gasteiger partial charge in [0.15, 0.2) is 0 Å². The largest absolute Gasteiger partial charge is 0.507 e. The molecule has 0 bridgehead atoms. The Morgan fingerprint density at radius 3 is 2.64 bits per heavy atom. The predicted octanol–water partition coefficient (Wildman–Crippen LogP) is 3.31. The first-order valence-corrected chi connectivity index (χ1v) is 8.92. The van der Waals surface area contributed by atoms with Crippen molar-refractivity contribution in [2.75, 3.05) is 11.9 Å². The summed E-state index contributed by atoms with van der Waals surface area (Å²) in [4.78, 5) is 24.3. The molecule has 2 aromatic rings. The maximum Gasteiger partial charge on any atom is 0.255 e. The van der Waals surface area contributed by atoms with Crippen LogP contribution in [0.5, 0.6) is 5.75 Å². The van der Waals surface area contributed by atoms with Gasteiger partial charge in [0.25, 0.3) is 5.91 Å². The molecule has 0 aromatic heterocycles. The average Bonchev–Trinajstić information content (AvgIpc) is 3.22. The van der Waals surface area contributed by atoms with Crippen LogP contribution in [-0.2, 0) is 9.53 Å². The van der Waals surface area contributed by atoms with Crippen LogP contribution in [0.4, 0.5) is 10.1 Å². The zero-order valence-corrected chi connectivity index (χ0v) is 15.2. The molecule has 3 rings (SSSR count). The molecule has 0 spiro atoms. The highest BCUT2D eigenvalue weighted by Crippen LogP contribution is 2.29. The van der Waals surface area contributed by atoms with Crippen molar-refractivity contribution in [3.63, 3.8) is 0 Å². The van der Waals surface area contributed by atoms with E-state index in [9.17, 15) is 19.1 Å². The summed E-state index contributed by atoms with van der Waals surface area (Å²) in [6.45, 7) is 3.96. The van der Waals surface area contributed by atoms with E-state index in [0.29, 0.717) is 17.9 Å². The Bertz CT molecular complexity index is 876. The fourth-order valence-electron chi connectivity index (χ4n) is 3.13. The minimum absolute atomic E-state index is 0.00645. The SMILES string of the molecule is C=CC(=O)Nc1ccc(O)c(C(=O)NC(c2ccc(F)cc2)C2CCCO2)c1. The van der Waals surface area contributed by atoms with E-state index < -0.39 is 17.9 Å². The molecular formula is C21H21FN2O4. The molecule has 0 radical (unpaired) electrons. The minimum Gasteiger partial charge on any atom is -0.507 e. The van der Waals surface area contributed by atoms with Gasteiger partial charge in [0.1, 0.15) is 11.6 Å². The highest BCUT2D eigenvalue weighted by Gasteiger charge is 2.29. The predicted molar refractivity (Wildman–Crippen MR) is 103 cm³/mol. The molecule has 1 aliphatic rings. The average molecular weight is 384 g/mol. The van der Waals surface area contributed by atoms with Gasteiger partial charge in [-0.1, -0.05) is 18.7 Å². The van der Waals surface area contributed by atoms with Crippen LogP contribution in [0, 0.1) is 5.82 Å². The lowest BCUT2D eigenvalue weighted by molar-refractivity contribution is -0.111. The van der Waals surface area contributed by atoms with Gasteiger partial charge in [-0.2, -0.15) is 0 Å². The monoisotopic (exact) mass is 384 g/mol. The lowest BCUT2D eigenvalue weighted by Gasteiger charge is -2.25. The molecule has 28 heavy (non-hydrogen) atoms. The summed E-state index contributed by atoms with van der Waals surface area (Å²) in [5, 5.41) is 15.5. The summed E-state index contributed by atoms with van der Waals surface area (Å²) >= 11 is 0. The molecule has 1 aliphatic heterocycles. The topological polar surface area (TPSA) is 87.7 Å². The van der Waals surface area contributed by atoms with Crippen LogP contribution in [-0.4, -0.2) is 29.6 Å². The Morgan fingerprint density at radius 1 is 1.25 bits per heavy atom. The molecule has 2 aromatic carbocycles. The van der Waals surface area contributed by atoms with Crippen LogP contribution < -0.4 is 10.6 Å². The van der Waals surface area contributed by atoms with Crippen LogP contribution in [0.3, 0.4) is 0 Å². The van der Waals surface area contributed by atoms with E-state index in [-0.39, 0.29) is 23.2 Å². The number of carbonyl (C=O) groups excluding carboxylic acids is 2. The Kier molecular flexibility index (Phi) is 6.06. The Hall–Kier alpha value is -3.19. The van der Waals surface area contributed by atoms with Crippen LogP contribution >= 0.6 is 0 Å². The molecule has 3 N–H and O–H groups in total. The molecule has 1 heterocycles. The third-order valence-corrected chi connectivity index (χ3v) is 4.55. The summed E-state index contributed by atoms with van der Waals surface area (Å²) in [6.07, 6.45) is 2.48. The first kappa shape index (κ1) is 19.6. The first-order valence-electron chi connectivity index (χ1n) is 8.92. The molecule has 7 heteroatoms.